The maximum atomic E-state index is 13.3. The number of carbonyl (C=O) groups is 1. The first-order valence-electron chi connectivity index (χ1n) is 4.49. The van der Waals surface area contributed by atoms with E-state index >= 15 is 0 Å². The van der Waals surface area contributed by atoms with Gasteiger partial charge in [-0.15, -0.1) is 0 Å². The molecule has 0 aliphatic carbocycles. The predicted octanol–water partition coefficient (Wildman–Crippen LogP) is 1.71. The molecule has 1 aromatic carbocycles. The normalized spacial score (nSPS) is 20.5. The molecule has 1 fully saturated rings. The first kappa shape index (κ1) is 10.0. The van der Waals surface area contributed by atoms with Gasteiger partial charge in [0, 0.05) is 36.6 Å². The van der Waals surface area contributed by atoms with Gasteiger partial charge in [0.05, 0.1) is 0 Å². The largest absolute Gasteiger partial charge is 0.355 e. The fraction of sp³-hybridized carbons (Fsp3) is 0.300. The lowest BCUT2D eigenvalue weighted by Crippen LogP contribution is -2.14. The van der Waals surface area contributed by atoms with E-state index in [9.17, 15) is 18.0 Å². The van der Waals surface area contributed by atoms with Gasteiger partial charge in [-0.1, -0.05) is 0 Å². The molecular weight excluding hydrogens is 207 g/mol. The summed E-state index contributed by atoms with van der Waals surface area (Å²) in [7, 11) is 0. The van der Waals surface area contributed by atoms with Crippen molar-refractivity contribution in [1.29, 1.82) is 0 Å². The Kier molecular flexibility index (Phi) is 2.38. The summed E-state index contributed by atoms with van der Waals surface area (Å²) in [5, 5.41) is 2.47. The lowest BCUT2D eigenvalue weighted by Gasteiger charge is -2.10. The molecular formula is C10H8F3NO. The van der Waals surface area contributed by atoms with Crippen molar-refractivity contribution >= 4 is 5.91 Å². The van der Waals surface area contributed by atoms with Gasteiger partial charge in [0.2, 0.25) is 5.91 Å². The molecule has 0 aromatic heterocycles. The quantitative estimate of drug-likeness (QED) is 0.759. The molecule has 80 valence electrons. The van der Waals surface area contributed by atoms with E-state index in [1.807, 2.05) is 0 Å². The van der Waals surface area contributed by atoms with E-state index in [1.54, 1.807) is 0 Å². The Morgan fingerprint density at radius 3 is 2.27 bits per heavy atom. The van der Waals surface area contributed by atoms with Crippen molar-refractivity contribution in [2.75, 3.05) is 6.54 Å². The van der Waals surface area contributed by atoms with Crippen LogP contribution < -0.4 is 5.32 Å². The van der Waals surface area contributed by atoms with Crippen LogP contribution in [0.5, 0.6) is 0 Å². The van der Waals surface area contributed by atoms with Crippen molar-refractivity contribution in [1.82, 2.24) is 5.32 Å². The zero-order chi connectivity index (χ0) is 11.0. The van der Waals surface area contributed by atoms with Crippen molar-refractivity contribution in [3.8, 4) is 0 Å². The SMILES string of the molecule is O=C1CC(c2c(F)cc(F)cc2F)CN1. The molecule has 1 atom stereocenters. The summed E-state index contributed by atoms with van der Waals surface area (Å²) in [6, 6.07) is 1.25. The monoisotopic (exact) mass is 215 g/mol. The number of hydrogen-bond donors (Lipinski definition) is 1. The molecule has 2 nitrogen and oxygen atoms in total. The highest BCUT2D eigenvalue weighted by atomic mass is 19.1. The fourth-order valence-corrected chi connectivity index (χ4v) is 1.75. The third kappa shape index (κ3) is 1.82. The summed E-state index contributed by atoms with van der Waals surface area (Å²) in [6.45, 7) is 0.193. The Hall–Kier alpha value is -1.52. The van der Waals surface area contributed by atoms with Crippen LogP contribution in [0, 0.1) is 17.5 Å². The van der Waals surface area contributed by atoms with E-state index in [2.05, 4.69) is 5.32 Å². The van der Waals surface area contributed by atoms with Gasteiger partial charge >= 0.3 is 0 Å². The highest BCUT2D eigenvalue weighted by molar-refractivity contribution is 5.79. The molecule has 0 bridgehead atoms. The van der Waals surface area contributed by atoms with Crippen LogP contribution in [0.1, 0.15) is 17.9 Å². The molecule has 0 spiro atoms. The van der Waals surface area contributed by atoms with Gasteiger partial charge in [-0.3, -0.25) is 4.79 Å². The van der Waals surface area contributed by atoms with Gasteiger partial charge in [0.25, 0.3) is 0 Å². The number of hydrogen-bond acceptors (Lipinski definition) is 1. The Labute approximate surface area is 84.1 Å². The van der Waals surface area contributed by atoms with Crippen molar-refractivity contribution in [3.63, 3.8) is 0 Å². The first-order valence-corrected chi connectivity index (χ1v) is 4.49. The Balaban J connectivity index is 2.39. The number of benzene rings is 1. The predicted molar refractivity (Wildman–Crippen MR) is 46.7 cm³/mol. The van der Waals surface area contributed by atoms with E-state index in [4.69, 9.17) is 0 Å². The number of carbonyl (C=O) groups excluding carboxylic acids is 1. The zero-order valence-corrected chi connectivity index (χ0v) is 7.69. The van der Waals surface area contributed by atoms with Gasteiger partial charge in [0.15, 0.2) is 0 Å². The summed E-state index contributed by atoms with van der Waals surface area (Å²) in [5.74, 6) is -3.62. The zero-order valence-electron chi connectivity index (χ0n) is 7.69. The Bertz CT molecular complexity index is 396. The molecule has 5 heteroatoms. The number of nitrogens with one attached hydrogen (secondary N) is 1. The average molecular weight is 215 g/mol. The van der Waals surface area contributed by atoms with E-state index in [-0.39, 0.29) is 24.4 Å². The highest BCUT2D eigenvalue weighted by Gasteiger charge is 2.28. The van der Waals surface area contributed by atoms with Crippen LogP contribution in [0.3, 0.4) is 0 Å². The van der Waals surface area contributed by atoms with Crippen LogP contribution in [0.2, 0.25) is 0 Å². The second-order valence-electron chi connectivity index (χ2n) is 3.49. The van der Waals surface area contributed by atoms with Crippen LogP contribution >= 0.6 is 0 Å². The topological polar surface area (TPSA) is 29.1 Å². The Morgan fingerprint density at radius 2 is 1.80 bits per heavy atom. The third-order valence-corrected chi connectivity index (χ3v) is 2.43. The molecule has 1 aliphatic heterocycles. The standard InChI is InChI=1S/C10H8F3NO/c11-6-2-7(12)10(8(13)3-6)5-1-9(15)14-4-5/h2-3,5H,1,4H2,(H,14,15). The molecule has 1 saturated heterocycles. The minimum Gasteiger partial charge on any atom is -0.355 e. The second kappa shape index (κ2) is 3.56. The molecule has 0 radical (unpaired) electrons. The highest BCUT2D eigenvalue weighted by Crippen LogP contribution is 2.28. The number of halogens is 3. The van der Waals surface area contributed by atoms with Crippen LogP contribution in [0.15, 0.2) is 12.1 Å². The van der Waals surface area contributed by atoms with E-state index in [0.29, 0.717) is 12.1 Å². The van der Waals surface area contributed by atoms with Crippen LogP contribution in [-0.2, 0) is 4.79 Å². The van der Waals surface area contributed by atoms with E-state index < -0.39 is 23.4 Å². The van der Waals surface area contributed by atoms with Gasteiger partial charge in [0.1, 0.15) is 17.5 Å². The maximum absolute atomic E-state index is 13.3. The molecule has 1 N–H and O–H groups in total. The van der Waals surface area contributed by atoms with Crippen molar-refractivity contribution in [2.45, 2.75) is 12.3 Å². The summed E-state index contributed by atoms with van der Waals surface area (Å²) < 4.78 is 39.2. The molecule has 15 heavy (non-hydrogen) atoms. The molecule has 1 aromatic rings. The first-order chi connectivity index (χ1) is 7.08. The molecule has 0 saturated carbocycles. The van der Waals surface area contributed by atoms with Gasteiger partial charge in [-0.25, -0.2) is 13.2 Å². The molecule has 2 rings (SSSR count). The van der Waals surface area contributed by atoms with Crippen LogP contribution in [0.25, 0.3) is 0 Å². The summed E-state index contributed by atoms with van der Waals surface area (Å²) in [6.07, 6.45) is 0.0411. The van der Waals surface area contributed by atoms with Crippen LogP contribution in [-0.4, -0.2) is 12.5 Å². The van der Waals surface area contributed by atoms with Crippen molar-refractivity contribution < 1.29 is 18.0 Å². The Morgan fingerprint density at radius 1 is 1.20 bits per heavy atom. The summed E-state index contributed by atoms with van der Waals surface area (Å²) >= 11 is 0. The van der Waals surface area contributed by atoms with Crippen molar-refractivity contribution in [3.05, 3.63) is 35.1 Å². The van der Waals surface area contributed by atoms with Crippen LogP contribution in [0.4, 0.5) is 13.2 Å². The minimum absolute atomic E-state index is 0.0411. The summed E-state index contributed by atoms with van der Waals surface area (Å²) in [5.41, 5.74) is -0.213. The molecule has 1 unspecified atom stereocenters. The molecule has 1 heterocycles. The smallest absolute Gasteiger partial charge is 0.220 e. The summed E-state index contributed by atoms with van der Waals surface area (Å²) in [4.78, 5) is 10.9. The lowest BCUT2D eigenvalue weighted by atomic mass is 9.97. The average Bonchev–Trinajstić information content (AvgIpc) is 2.49. The van der Waals surface area contributed by atoms with Gasteiger partial charge < -0.3 is 5.32 Å². The van der Waals surface area contributed by atoms with E-state index in [1.165, 1.54) is 0 Å². The molecule has 1 aliphatic rings. The lowest BCUT2D eigenvalue weighted by molar-refractivity contribution is -0.119. The third-order valence-electron chi connectivity index (χ3n) is 2.43. The number of amides is 1. The van der Waals surface area contributed by atoms with Gasteiger partial charge in [-0.2, -0.15) is 0 Å². The maximum Gasteiger partial charge on any atom is 0.220 e. The van der Waals surface area contributed by atoms with Gasteiger partial charge in [-0.05, 0) is 0 Å². The minimum atomic E-state index is -0.953. The van der Waals surface area contributed by atoms with E-state index in [0.717, 1.165) is 0 Å². The molecule has 1 amide bonds. The second-order valence-corrected chi connectivity index (χ2v) is 3.49. The number of rotatable bonds is 1. The fourth-order valence-electron chi connectivity index (χ4n) is 1.75. The van der Waals surface area contributed by atoms with Crippen molar-refractivity contribution in [2.24, 2.45) is 0 Å².